The van der Waals surface area contributed by atoms with Gasteiger partial charge < -0.3 is 43.6 Å². The number of aromatic amines is 1. The van der Waals surface area contributed by atoms with Gasteiger partial charge in [0.15, 0.2) is 6.10 Å². The number of carbonyl (C=O) groups excluding carboxylic acids is 3. The Balaban J connectivity index is 1.49. The summed E-state index contributed by atoms with van der Waals surface area (Å²) in [5.41, 5.74) is 0.118. The predicted octanol–water partition coefficient (Wildman–Crippen LogP) is 2.94. The summed E-state index contributed by atoms with van der Waals surface area (Å²) in [6, 6.07) is 3.34. The van der Waals surface area contributed by atoms with Crippen LogP contribution in [-0.4, -0.2) is 95.8 Å². The van der Waals surface area contributed by atoms with Gasteiger partial charge in [0.1, 0.15) is 35.7 Å². The molecule has 4 bridgehead atoms. The van der Waals surface area contributed by atoms with Gasteiger partial charge >= 0.3 is 18.1 Å². The van der Waals surface area contributed by atoms with Crippen molar-refractivity contribution in [3.63, 3.8) is 0 Å². The lowest BCUT2D eigenvalue weighted by Crippen LogP contribution is -2.57. The largest absolute Gasteiger partial charge is 0.508 e. The van der Waals surface area contributed by atoms with E-state index in [1.165, 1.54) is 7.11 Å². The summed E-state index contributed by atoms with van der Waals surface area (Å²) in [7, 11) is 1.43. The first-order chi connectivity index (χ1) is 21.0. The lowest BCUT2D eigenvalue weighted by atomic mass is 9.57. The fourth-order valence-corrected chi connectivity index (χ4v) is 7.60. The Morgan fingerprint density at radius 3 is 2.70 bits per heavy atom. The molecule has 1 aromatic heterocycles. The van der Waals surface area contributed by atoms with Crippen LogP contribution in [0.1, 0.15) is 51.0 Å². The second-order valence-electron chi connectivity index (χ2n) is 12.3. The number of nitrogens with one attached hydrogen (secondary N) is 1. The zero-order valence-corrected chi connectivity index (χ0v) is 25.7. The minimum absolute atomic E-state index is 0.00658. The van der Waals surface area contributed by atoms with Crippen LogP contribution in [0.3, 0.4) is 0 Å². The van der Waals surface area contributed by atoms with E-state index in [2.05, 4.69) is 4.98 Å². The average Bonchev–Trinajstić information content (AvgIpc) is 3.59. The first kappa shape index (κ1) is 32.2. The molecule has 4 aliphatic rings. The van der Waals surface area contributed by atoms with Gasteiger partial charge in [0.05, 0.1) is 12.7 Å². The number of ether oxygens (including phenoxy) is 6. The van der Waals surface area contributed by atoms with Crippen LogP contribution in [0.4, 0.5) is 4.79 Å². The standard InChI is InChI=1S/C32H43NO11/c1-16-14-17(2)32-20(15-23(39-5)30(37)42-26(16)19(4)41-31(38)40-13-7-12-34)9-10-21-24(32)25(35)18(3)27(28(21)44-32)43-29(36)22-8-6-11-33-22/h6,8-11,14,16,18-21,23-28,33-35H,7,12-13,15H2,1-5H3/b17-14+/t16-,18-,19-,20?,21-,23+,24+,25-,26+,27-,28-,32+/m1/s1. The monoisotopic (exact) mass is 617 g/mol. The molecule has 1 aromatic rings. The summed E-state index contributed by atoms with van der Waals surface area (Å²) >= 11 is 0. The van der Waals surface area contributed by atoms with Crippen LogP contribution in [0, 0.1) is 29.6 Å². The molecular formula is C32H43NO11. The summed E-state index contributed by atoms with van der Waals surface area (Å²) in [6.07, 6.45) is 2.30. The Kier molecular flexibility index (Phi) is 9.55. The molecule has 12 nitrogen and oxygen atoms in total. The molecule has 2 aliphatic carbocycles. The highest BCUT2D eigenvalue weighted by Gasteiger charge is 2.69. The van der Waals surface area contributed by atoms with Gasteiger partial charge in [-0.25, -0.2) is 14.4 Å². The van der Waals surface area contributed by atoms with E-state index in [0.717, 1.165) is 5.57 Å². The number of carbonyl (C=O) groups is 3. The summed E-state index contributed by atoms with van der Waals surface area (Å²) in [4.78, 5) is 41.6. The summed E-state index contributed by atoms with van der Waals surface area (Å²) in [5, 5.41) is 20.8. The third-order valence-electron chi connectivity index (χ3n) is 9.73. The third kappa shape index (κ3) is 5.68. The number of aliphatic hydroxyl groups excluding tert-OH is 2. The first-order valence-electron chi connectivity index (χ1n) is 15.3. The number of hydrogen-bond acceptors (Lipinski definition) is 11. The highest BCUT2D eigenvalue weighted by Crippen LogP contribution is 2.61. The van der Waals surface area contributed by atoms with Crippen LogP contribution >= 0.6 is 0 Å². The van der Waals surface area contributed by atoms with Crippen molar-refractivity contribution in [3.8, 4) is 0 Å². The van der Waals surface area contributed by atoms with Crippen molar-refractivity contribution < 1.29 is 53.0 Å². The second kappa shape index (κ2) is 13.0. The van der Waals surface area contributed by atoms with Gasteiger partial charge in [-0.2, -0.15) is 0 Å². The third-order valence-corrected chi connectivity index (χ3v) is 9.73. The van der Waals surface area contributed by atoms with E-state index in [0.29, 0.717) is 5.69 Å². The van der Waals surface area contributed by atoms with Crippen LogP contribution in [0.15, 0.2) is 42.1 Å². The minimum atomic E-state index is -1.02. The number of esters is 2. The molecule has 2 aliphatic heterocycles. The maximum Gasteiger partial charge on any atom is 0.508 e. The van der Waals surface area contributed by atoms with Crippen molar-refractivity contribution in [2.45, 2.75) is 82.8 Å². The van der Waals surface area contributed by atoms with Gasteiger partial charge in [-0.3, -0.25) is 0 Å². The molecule has 0 amide bonds. The van der Waals surface area contributed by atoms with Crippen molar-refractivity contribution in [2.75, 3.05) is 20.3 Å². The summed E-state index contributed by atoms with van der Waals surface area (Å²) in [6.45, 7) is 7.14. The van der Waals surface area contributed by atoms with Crippen LogP contribution in [0.2, 0.25) is 0 Å². The highest BCUT2D eigenvalue weighted by molar-refractivity contribution is 5.87. The zero-order chi connectivity index (χ0) is 31.8. The molecule has 1 saturated carbocycles. The number of cyclic esters (lactones) is 1. The van der Waals surface area contributed by atoms with Crippen LogP contribution in [0.25, 0.3) is 0 Å². The number of aliphatic hydroxyl groups is 2. The molecule has 1 unspecified atom stereocenters. The molecule has 0 radical (unpaired) electrons. The number of methoxy groups -OCH3 is 1. The Labute approximate surface area is 256 Å². The van der Waals surface area contributed by atoms with E-state index in [4.69, 9.17) is 33.5 Å². The van der Waals surface area contributed by atoms with Crippen LogP contribution in [-0.2, 0) is 33.2 Å². The van der Waals surface area contributed by atoms with E-state index in [-0.39, 0.29) is 43.8 Å². The number of H-pyrrole nitrogens is 1. The van der Waals surface area contributed by atoms with E-state index in [1.54, 1.807) is 25.3 Å². The molecule has 12 heteroatoms. The first-order valence-corrected chi connectivity index (χ1v) is 15.3. The Bertz CT molecular complexity index is 1260. The molecule has 44 heavy (non-hydrogen) atoms. The molecule has 3 N–H and O–H groups in total. The van der Waals surface area contributed by atoms with Gasteiger partial charge in [0.25, 0.3) is 0 Å². The quantitative estimate of drug-likeness (QED) is 0.170. The predicted molar refractivity (Wildman–Crippen MR) is 154 cm³/mol. The van der Waals surface area contributed by atoms with Gasteiger partial charge in [0.2, 0.25) is 0 Å². The lowest BCUT2D eigenvalue weighted by molar-refractivity contribution is -0.173. The SMILES string of the molecule is CO[C@H]1CC2C=C[C@H]3[C@H]4O[C@]2(/C(C)=C/[C@@H](C)[C@@H]([C@@H](C)OC(=O)OCCCO)OC1=O)[C@@H]3[C@H](O)[C@@H](C)[C@H]4OC(=O)c1ccc[nH]1. The van der Waals surface area contributed by atoms with Crippen LogP contribution in [0.5, 0.6) is 0 Å². The maximum absolute atomic E-state index is 13.5. The molecule has 3 heterocycles. The Hall–Kier alpha value is -3.19. The number of rotatable bonds is 8. The molecule has 2 fully saturated rings. The molecule has 242 valence electrons. The van der Waals surface area contributed by atoms with E-state index in [9.17, 15) is 19.5 Å². The molecule has 1 spiro atoms. The number of hydrogen-bond donors (Lipinski definition) is 3. The number of aromatic nitrogens is 1. The molecule has 5 rings (SSSR count). The van der Waals surface area contributed by atoms with Crippen molar-refractivity contribution in [2.24, 2.45) is 29.6 Å². The Morgan fingerprint density at radius 2 is 2.02 bits per heavy atom. The van der Waals surface area contributed by atoms with Gasteiger partial charge in [-0.05, 0) is 38.0 Å². The summed E-state index contributed by atoms with van der Waals surface area (Å²) < 4.78 is 35.0. The lowest BCUT2D eigenvalue weighted by Gasteiger charge is -2.48. The van der Waals surface area contributed by atoms with E-state index in [1.807, 2.05) is 39.0 Å². The molecule has 12 atom stereocenters. The van der Waals surface area contributed by atoms with E-state index < -0.39 is 72.2 Å². The normalized spacial score (nSPS) is 39.7. The second-order valence-corrected chi connectivity index (χ2v) is 12.3. The van der Waals surface area contributed by atoms with Crippen LogP contribution < -0.4 is 0 Å². The minimum Gasteiger partial charge on any atom is -0.456 e. The topological polar surface area (TPSA) is 163 Å². The van der Waals surface area contributed by atoms with Gasteiger partial charge in [-0.1, -0.05) is 32.1 Å². The van der Waals surface area contributed by atoms with Crippen molar-refractivity contribution in [1.29, 1.82) is 0 Å². The molecular weight excluding hydrogens is 574 g/mol. The average molecular weight is 618 g/mol. The fraction of sp³-hybridized carbons (Fsp3) is 0.656. The Morgan fingerprint density at radius 1 is 1.25 bits per heavy atom. The van der Waals surface area contributed by atoms with E-state index >= 15 is 0 Å². The smallest absolute Gasteiger partial charge is 0.456 e. The van der Waals surface area contributed by atoms with Gasteiger partial charge in [0, 0.05) is 55.9 Å². The van der Waals surface area contributed by atoms with Crippen molar-refractivity contribution in [1.82, 2.24) is 4.98 Å². The van der Waals surface area contributed by atoms with Crippen molar-refractivity contribution in [3.05, 3.63) is 47.8 Å². The zero-order valence-electron chi connectivity index (χ0n) is 25.7. The van der Waals surface area contributed by atoms with Crippen molar-refractivity contribution >= 4 is 18.1 Å². The molecule has 0 aromatic carbocycles. The fourth-order valence-electron chi connectivity index (χ4n) is 7.60. The highest BCUT2D eigenvalue weighted by atomic mass is 16.7. The summed E-state index contributed by atoms with van der Waals surface area (Å²) in [5.74, 6) is -2.98. The maximum atomic E-state index is 13.5. The molecule has 1 saturated heterocycles. The van der Waals surface area contributed by atoms with Gasteiger partial charge in [-0.15, -0.1) is 0 Å².